The lowest BCUT2D eigenvalue weighted by Crippen LogP contribution is -2.36. The molecule has 1 aliphatic rings. The summed E-state index contributed by atoms with van der Waals surface area (Å²) in [5.41, 5.74) is 0.751. The van der Waals surface area contributed by atoms with E-state index in [-0.39, 0.29) is 11.9 Å². The minimum absolute atomic E-state index is 0.129. The quantitative estimate of drug-likeness (QED) is 0.873. The Bertz CT molecular complexity index is 361. The van der Waals surface area contributed by atoms with Gasteiger partial charge in [-0.1, -0.05) is 18.2 Å². The van der Waals surface area contributed by atoms with Gasteiger partial charge in [0.05, 0.1) is 6.10 Å². The van der Waals surface area contributed by atoms with E-state index in [2.05, 4.69) is 4.90 Å². The second kappa shape index (κ2) is 5.61. The van der Waals surface area contributed by atoms with Crippen LogP contribution in [0, 0.1) is 5.82 Å². The molecule has 0 radical (unpaired) electrons. The molecule has 1 N–H and O–H groups in total. The molecule has 1 fully saturated rings. The van der Waals surface area contributed by atoms with Crippen molar-refractivity contribution in [2.24, 2.45) is 0 Å². The van der Waals surface area contributed by atoms with E-state index in [0.29, 0.717) is 12.6 Å². The smallest absolute Gasteiger partial charge is 0.127 e. The Morgan fingerprint density at radius 3 is 2.53 bits per heavy atom. The lowest BCUT2D eigenvalue weighted by atomic mass is 9.92. The van der Waals surface area contributed by atoms with E-state index in [0.717, 1.165) is 31.2 Å². The normalized spacial score (nSPS) is 25.2. The standard InChI is InChI=1S/C14H20FNO/c1-16(12-6-8-13(17)9-7-12)10-11-4-2-3-5-14(11)15/h2-5,12-13,17H,6-10H2,1H3. The number of nitrogens with zero attached hydrogens (tertiary/aromatic N) is 1. The third-order valence-electron chi connectivity index (χ3n) is 3.67. The van der Waals surface area contributed by atoms with E-state index in [1.807, 2.05) is 19.2 Å². The van der Waals surface area contributed by atoms with E-state index in [9.17, 15) is 9.50 Å². The van der Waals surface area contributed by atoms with Crippen molar-refractivity contribution in [3.05, 3.63) is 35.6 Å². The van der Waals surface area contributed by atoms with Crippen molar-refractivity contribution in [2.45, 2.75) is 44.4 Å². The fraction of sp³-hybridized carbons (Fsp3) is 0.571. The van der Waals surface area contributed by atoms with Crippen LogP contribution in [0.4, 0.5) is 4.39 Å². The van der Waals surface area contributed by atoms with Crippen LogP contribution >= 0.6 is 0 Å². The number of hydrogen-bond acceptors (Lipinski definition) is 2. The molecular weight excluding hydrogens is 217 g/mol. The number of hydrogen-bond donors (Lipinski definition) is 1. The number of halogens is 1. The van der Waals surface area contributed by atoms with Crippen LogP contribution in [0.5, 0.6) is 0 Å². The molecule has 0 amide bonds. The average molecular weight is 237 g/mol. The fourth-order valence-electron chi connectivity index (χ4n) is 2.52. The van der Waals surface area contributed by atoms with Gasteiger partial charge in [0.15, 0.2) is 0 Å². The van der Waals surface area contributed by atoms with Gasteiger partial charge in [0.2, 0.25) is 0 Å². The molecule has 0 heterocycles. The van der Waals surface area contributed by atoms with E-state index in [1.54, 1.807) is 6.07 Å². The Balaban J connectivity index is 1.93. The molecule has 3 heteroatoms. The Kier molecular flexibility index (Phi) is 4.13. The molecule has 1 aromatic rings. The summed E-state index contributed by atoms with van der Waals surface area (Å²) in [6.07, 6.45) is 3.62. The van der Waals surface area contributed by atoms with Gasteiger partial charge >= 0.3 is 0 Å². The topological polar surface area (TPSA) is 23.5 Å². The Morgan fingerprint density at radius 2 is 1.88 bits per heavy atom. The van der Waals surface area contributed by atoms with Crippen LogP contribution in [0.2, 0.25) is 0 Å². The minimum atomic E-state index is -0.131. The molecule has 0 spiro atoms. The monoisotopic (exact) mass is 237 g/mol. The van der Waals surface area contributed by atoms with Gasteiger partial charge in [-0.15, -0.1) is 0 Å². The summed E-state index contributed by atoms with van der Waals surface area (Å²) < 4.78 is 13.5. The second-order valence-electron chi connectivity index (χ2n) is 4.97. The maximum atomic E-state index is 13.5. The highest BCUT2D eigenvalue weighted by atomic mass is 19.1. The zero-order valence-electron chi connectivity index (χ0n) is 10.3. The van der Waals surface area contributed by atoms with Gasteiger partial charge in [-0.2, -0.15) is 0 Å². The van der Waals surface area contributed by atoms with E-state index in [4.69, 9.17) is 0 Å². The first-order chi connectivity index (χ1) is 8.16. The van der Waals surface area contributed by atoms with Gasteiger partial charge in [0, 0.05) is 18.2 Å². The fourth-order valence-corrected chi connectivity index (χ4v) is 2.52. The summed E-state index contributed by atoms with van der Waals surface area (Å²) in [4.78, 5) is 2.20. The zero-order valence-corrected chi connectivity index (χ0v) is 10.3. The molecule has 1 aliphatic carbocycles. The largest absolute Gasteiger partial charge is 0.393 e. The average Bonchev–Trinajstić information content (AvgIpc) is 2.33. The van der Waals surface area contributed by atoms with E-state index < -0.39 is 0 Å². The molecule has 2 rings (SSSR count). The Morgan fingerprint density at radius 1 is 1.24 bits per heavy atom. The minimum Gasteiger partial charge on any atom is -0.393 e. The summed E-state index contributed by atoms with van der Waals surface area (Å²) >= 11 is 0. The first kappa shape index (κ1) is 12.5. The third kappa shape index (κ3) is 3.27. The van der Waals surface area contributed by atoms with Crippen LogP contribution < -0.4 is 0 Å². The predicted molar refractivity (Wildman–Crippen MR) is 66.1 cm³/mol. The Hall–Kier alpha value is -0.930. The Labute approximate surface area is 102 Å². The van der Waals surface area contributed by atoms with Gasteiger partial charge in [0.1, 0.15) is 5.82 Å². The van der Waals surface area contributed by atoms with Crippen LogP contribution in [-0.2, 0) is 6.54 Å². The van der Waals surface area contributed by atoms with Crippen molar-refractivity contribution in [2.75, 3.05) is 7.05 Å². The van der Waals surface area contributed by atoms with E-state index in [1.165, 1.54) is 6.07 Å². The highest BCUT2D eigenvalue weighted by Crippen LogP contribution is 2.23. The molecule has 0 bridgehead atoms. The summed E-state index contributed by atoms with van der Waals surface area (Å²) in [7, 11) is 2.04. The van der Waals surface area contributed by atoms with Crippen LogP contribution in [0.25, 0.3) is 0 Å². The van der Waals surface area contributed by atoms with Crippen molar-refractivity contribution < 1.29 is 9.50 Å². The molecule has 0 saturated heterocycles. The van der Waals surface area contributed by atoms with Crippen molar-refractivity contribution in [3.63, 3.8) is 0 Å². The highest BCUT2D eigenvalue weighted by molar-refractivity contribution is 5.17. The van der Waals surface area contributed by atoms with Crippen molar-refractivity contribution in [1.82, 2.24) is 4.90 Å². The molecule has 0 aliphatic heterocycles. The molecule has 2 nitrogen and oxygen atoms in total. The lowest BCUT2D eigenvalue weighted by Gasteiger charge is -2.33. The van der Waals surface area contributed by atoms with Gasteiger partial charge < -0.3 is 5.11 Å². The first-order valence-corrected chi connectivity index (χ1v) is 6.28. The predicted octanol–water partition coefficient (Wildman–Crippen LogP) is 2.56. The summed E-state index contributed by atoms with van der Waals surface area (Å²) in [5.74, 6) is -0.129. The maximum Gasteiger partial charge on any atom is 0.127 e. The number of aliphatic hydroxyl groups is 1. The van der Waals surface area contributed by atoms with Crippen LogP contribution in [0.3, 0.4) is 0 Å². The van der Waals surface area contributed by atoms with Crippen LogP contribution in [0.1, 0.15) is 31.2 Å². The van der Waals surface area contributed by atoms with Crippen molar-refractivity contribution >= 4 is 0 Å². The molecular formula is C14H20FNO. The number of benzene rings is 1. The summed E-state index contributed by atoms with van der Waals surface area (Å²) in [5, 5.41) is 9.46. The highest BCUT2D eigenvalue weighted by Gasteiger charge is 2.22. The van der Waals surface area contributed by atoms with Gasteiger partial charge in [-0.25, -0.2) is 4.39 Å². The molecule has 0 unspecified atom stereocenters. The SMILES string of the molecule is CN(Cc1ccccc1F)C1CCC(O)CC1. The molecule has 1 aromatic carbocycles. The van der Waals surface area contributed by atoms with Crippen molar-refractivity contribution in [1.29, 1.82) is 0 Å². The van der Waals surface area contributed by atoms with Gasteiger partial charge in [-0.05, 0) is 38.8 Å². The molecule has 1 saturated carbocycles. The van der Waals surface area contributed by atoms with E-state index >= 15 is 0 Å². The molecule has 94 valence electrons. The lowest BCUT2D eigenvalue weighted by molar-refractivity contribution is 0.0814. The van der Waals surface area contributed by atoms with Gasteiger partial charge in [-0.3, -0.25) is 4.90 Å². The maximum absolute atomic E-state index is 13.5. The number of aliphatic hydroxyl groups excluding tert-OH is 1. The van der Waals surface area contributed by atoms with Crippen LogP contribution in [0.15, 0.2) is 24.3 Å². The molecule has 0 aromatic heterocycles. The second-order valence-corrected chi connectivity index (χ2v) is 4.97. The zero-order chi connectivity index (χ0) is 12.3. The van der Waals surface area contributed by atoms with Gasteiger partial charge in [0.25, 0.3) is 0 Å². The van der Waals surface area contributed by atoms with Crippen LogP contribution in [-0.4, -0.2) is 29.2 Å². The molecule has 17 heavy (non-hydrogen) atoms. The van der Waals surface area contributed by atoms with Crippen molar-refractivity contribution in [3.8, 4) is 0 Å². The molecule has 0 atom stereocenters. The summed E-state index contributed by atoms with van der Waals surface area (Å²) in [6.45, 7) is 0.646. The summed E-state index contributed by atoms with van der Waals surface area (Å²) in [6, 6.07) is 7.40. The third-order valence-corrected chi connectivity index (χ3v) is 3.67. The first-order valence-electron chi connectivity index (χ1n) is 6.28. The number of rotatable bonds is 3.